The Labute approximate surface area is 327 Å². The molecule has 258 valence electrons. The van der Waals surface area contributed by atoms with Gasteiger partial charge in [-0.25, -0.2) is 4.98 Å². The molecule has 0 N–H and O–H groups in total. The first-order chi connectivity index (χ1) is 27.2. The Kier molecular flexibility index (Phi) is 6.84. The lowest BCUT2D eigenvalue weighted by atomic mass is 10.0. The minimum Gasteiger partial charge on any atom is -0.456 e. The molecule has 4 heterocycles. The summed E-state index contributed by atoms with van der Waals surface area (Å²) < 4.78 is 12.7. The number of hydrogen-bond acceptors (Lipinski definition) is 6. The van der Waals surface area contributed by atoms with E-state index >= 15 is 0 Å². The molecule has 12 aromatic rings. The average molecular weight is 757 g/mol. The van der Waals surface area contributed by atoms with E-state index in [0.717, 1.165) is 70.9 Å². The minimum atomic E-state index is 0.886. The van der Waals surface area contributed by atoms with Crippen LogP contribution in [-0.2, 0) is 0 Å². The number of aromatic nitrogens is 1. The van der Waals surface area contributed by atoms with Crippen molar-refractivity contribution in [2.75, 3.05) is 4.90 Å². The number of benzene rings is 8. The topological polar surface area (TPSA) is 29.3 Å². The van der Waals surface area contributed by atoms with Gasteiger partial charge < -0.3 is 9.32 Å². The highest BCUT2D eigenvalue weighted by Gasteiger charge is 2.19. The highest BCUT2D eigenvalue weighted by atomic mass is 32.1. The van der Waals surface area contributed by atoms with Crippen LogP contribution >= 0.6 is 34.0 Å². The highest BCUT2D eigenvalue weighted by Crippen LogP contribution is 2.45. The Bertz CT molecular complexity index is 3330. The molecular formula is C49H28N2OS3. The maximum atomic E-state index is 6.39. The van der Waals surface area contributed by atoms with Gasteiger partial charge in [-0.2, -0.15) is 0 Å². The van der Waals surface area contributed by atoms with Gasteiger partial charge in [-0.15, -0.1) is 34.0 Å². The summed E-state index contributed by atoms with van der Waals surface area (Å²) in [6, 6.07) is 61.3. The third kappa shape index (κ3) is 4.96. The zero-order valence-corrected chi connectivity index (χ0v) is 31.6. The Morgan fingerprint density at radius 1 is 0.400 bits per heavy atom. The van der Waals surface area contributed by atoms with Crippen LogP contribution < -0.4 is 4.90 Å². The van der Waals surface area contributed by atoms with Gasteiger partial charge >= 0.3 is 0 Å². The molecule has 0 radical (unpaired) electrons. The van der Waals surface area contributed by atoms with Crippen LogP contribution in [0.4, 0.5) is 17.1 Å². The van der Waals surface area contributed by atoms with Crippen LogP contribution in [0.3, 0.4) is 0 Å². The molecule has 4 aromatic heterocycles. The van der Waals surface area contributed by atoms with Crippen molar-refractivity contribution < 1.29 is 4.42 Å². The zero-order chi connectivity index (χ0) is 36.0. The van der Waals surface area contributed by atoms with E-state index in [9.17, 15) is 0 Å². The third-order valence-corrected chi connectivity index (χ3v) is 14.1. The third-order valence-electron chi connectivity index (χ3n) is 10.7. The van der Waals surface area contributed by atoms with Crippen molar-refractivity contribution in [3.8, 4) is 21.7 Å². The number of hydrogen-bond donors (Lipinski definition) is 0. The zero-order valence-electron chi connectivity index (χ0n) is 29.2. The summed E-state index contributed by atoms with van der Waals surface area (Å²) >= 11 is 5.44. The Hall–Kier alpha value is -6.31. The van der Waals surface area contributed by atoms with Gasteiger partial charge in [-0.1, -0.05) is 97.1 Å². The van der Waals surface area contributed by atoms with Gasteiger partial charge in [0.05, 0.1) is 10.2 Å². The number of thiophene rings is 2. The monoisotopic (exact) mass is 756 g/mol. The summed E-state index contributed by atoms with van der Waals surface area (Å²) in [5.74, 6) is 0. The minimum absolute atomic E-state index is 0.886. The van der Waals surface area contributed by atoms with Crippen LogP contribution in [0.15, 0.2) is 174 Å². The molecule has 0 atom stereocenters. The normalized spacial score (nSPS) is 12.0. The second-order valence-electron chi connectivity index (χ2n) is 13.9. The van der Waals surface area contributed by atoms with E-state index in [1.807, 2.05) is 28.7 Å². The molecule has 0 aliphatic heterocycles. The molecule has 0 unspecified atom stereocenters. The van der Waals surface area contributed by atoms with Gasteiger partial charge in [0, 0.05) is 73.7 Å². The van der Waals surface area contributed by atoms with Gasteiger partial charge in [0.15, 0.2) is 0 Å². The first kappa shape index (κ1) is 31.1. The maximum Gasteiger partial charge on any atom is 0.137 e. The van der Waals surface area contributed by atoms with Crippen molar-refractivity contribution in [2.45, 2.75) is 0 Å². The molecule has 6 heteroatoms. The maximum absolute atomic E-state index is 6.39. The quantitative estimate of drug-likeness (QED) is 0.175. The molecule has 0 amide bonds. The first-order valence-corrected chi connectivity index (χ1v) is 20.7. The lowest BCUT2D eigenvalue weighted by Gasteiger charge is -2.26. The molecule has 0 aliphatic carbocycles. The standard InChI is InChI=1S/C49H28N2OS3/c1-2-8-30(9-3-1)49-50-40-23-25-42-47(48(40)55-49)39-26-31(16-24-41(39)52-42)29-14-17-32(18-15-29)51(33-19-21-37-35-10-4-6-12-43(35)53-45(37)27-33)34-20-22-38-36-11-5-7-13-44(36)54-46(38)28-34/h1-28H. The fourth-order valence-electron chi connectivity index (χ4n) is 8.09. The molecule has 0 saturated carbocycles. The van der Waals surface area contributed by atoms with Crippen LogP contribution in [0.2, 0.25) is 0 Å². The van der Waals surface area contributed by atoms with Crippen LogP contribution in [0.25, 0.3) is 94.2 Å². The molecular weight excluding hydrogens is 729 g/mol. The molecule has 0 fully saturated rings. The van der Waals surface area contributed by atoms with Crippen molar-refractivity contribution in [1.29, 1.82) is 0 Å². The number of fused-ring (bicyclic) bond motifs is 11. The Balaban J connectivity index is 0.979. The van der Waals surface area contributed by atoms with Gasteiger partial charge in [0.2, 0.25) is 0 Å². The highest BCUT2D eigenvalue weighted by molar-refractivity contribution is 7.26. The summed E-state index contributed by atoms with van der Waals surface area (Å²) in [5.41, 5.74) is 9.60. The van der Waals surface area contributed by atoms with Crippen LogP contribution in [-0.4, -0.2) is 4.98 Å². The van der Waals surface area contributed by atoms with Crippen molar-refractivity contribution in [3.05, 3.63) is 170 Å². The SMILES string of the molecule is c1ccc(-c2nc3ccc4oc5ccc(-c6ccc(N(c7ccc8c(c7)sc7ccccc78)c7ccc8c(c7)sc7ccccc78)cc6)cc5c4c3s2)cc1. The van der Waals surface area contributed by atoms with E-state index in [1.54, 1.807) is 11.3 Å². The van der Waals surface area contributed by atoms with Crippen molar-refractivity contribution in [2.24, 2.45) is 0 Å². The number of nitrogens with zero attached hydrogens (tertiary/aromatic N) is 2. The van der Waals surface area contributed by atoms with Crippen molar-refractivity contribution in [1.82, 2.24) is 4.98 Å². The largest absolute Gasteiger partial charge is 0.456 e. The summed E-state index contributed by atoms with van der Waals surface area (Å²) in [5, 5.41) is 8.48. The molecule has 3 nitrogen and oxygen atoms in total. The smallest absolute Gasteiger partial charge is 0.137 e. The van der Waals surface area contributed by atoms with E-state index in [-0.39, 0.29) is 0 Å². The molecule has 0 bridgehead atoms. The number of rotatable bonds is 5. The van der Waals surface area contributed by atoms with Crippen LogP contribution in [0.1, 0.15) is 0 Å². The van der Waals surface area contributed by atoms with E-state index in [0.29, 0.717) is 0 Å². The van der Waals surface area contributed by atoms with Gasteiger partial charge in [-0.05, 0) is 83.9 Å². The lowest BCUT2D eigenvalue weighted by molar-refractivity contribution is 0.669. The van der Waals surface area contributed by atoms with E-state index in [1.165, 1.54) is 40.3 Å². The van der Waals surface area contributed by atoms with Crippen molar-refractivity contribution in [3.63, 3.8) is 0 Å². The number of furan rings is 1. The van der Waals surface area contributed by atoms with E-state index in [2.05, 4.69) is 169 Å². The first-order valence-electron chi connectivity index (χ1n) is 18.3. The molecule has 8 aromatic carbocycles. The van der Waals surface area contributed by atoms with Crippen LogP contribution in [0.5, 0.6) is 0 Å². The Morgan fingerprint density at radius 3 is 1.67 bits per heavy atom. The Morgan fingerprint density at radius 2 is 0.982 bits per heavy atom. The second-order valence-corrected chi connectivity index (χ2v) is 17.1. The molecule has 0 spiro atoms. The lowest BCUT2D eigenvalue weighted by Crippen LogP contribution is -2.09. The molecule has 0 aliphatic rings. The summed E-state index contributed by atoms with van der Waals surface area (Å²) in [6.45, 7) is 0. The van der Waals surface area contributed by atoms with E-state index < -0.39 is 0 Å². The number of anilines is 3. The summed E-state index contributed by atoms with van der Waals surface area (Å²) in [4.78, 5) is 7.40. The second kappa shape index (κ2) is 12.1. The van der Waals surface area contributed by atoms with Crippen LogP contribution in [0, 0.1) is 0 Å². The molecule has 55 heavy (non-hydrogen) atoms. The predicted octanol–water partition coefficient (Wildman–Crippen LogP) is 15.7. The van der Waals surface area contributed by atoms with Gasteiger partial charge in [-0.3, -0.25) is 0 Å². The average Bonchev–Trinajstić information content (AvgIpc) is 4.02. The predicted molar refractivity (Wildman–Crippen MR) is 238 cm³/mol. The summed E-state index contributed by atoms with van der Waals surface area (Å²) in [7, 11) is 0. The van der Waals surface area contributed by atoms with Crippen molar-refractivity contribution >= 4 is 124 Å². The molecule has 12 rings (SSSR count). The van der Waals surface area contributed by atoms with E-state index in [4.69, 9.17) is 9.40 Å². The fraction of sp³-hybridized carbons (Fsp3) is 0. The summed E-state index contributed by atoms with van der Waals surface area (Å²) in [6.07, 6.45) is 0. The fourth-order valence-corrected chi connectivity index (χ4v) is 11.5. The number of thiazole rings is 1. The van der Waals surface area contributed by atoms with Gasteiger partial charge in [0.1, 0.15) is 16.2 Å². The molecule has 0 saturated heterocycles. The van der Waals surface area contributed by atoms with Gasteiger partial charge in [0.25, 0.3) is 0 Å².